The normalized spacial score (nSPS) is 24.5. The standard InChI is InChI=1S/C25H31F3N4O/c1-15-2-3-19(26)10-21(15)23-11-22(24(27)28)25(31-30-23)29-20-8-17-13-32(14-18(17)9-20)12-16-4-6-33-7-5-16/h2-3,10-11,16-18,20,24H,4-9,12-14H2,1H3,(H,29,31)/t17-,18-/m1/s1. The van der Waals surface area contributed by atoms with Crippen LogP contribution < -0.4 is 5.32 Å². The second-order valence-electron chi connectivity index (χ2n) is 9.90. The Morgan fingerprint density at radius 3 is 2.52 bits per heavy atom. The molecule has 5 nitrogen and oxygen atoms in total. The summed E-state index contributed by atoms with van der Waals surface area (Å²) >= 11 is 0. The van der Waals surface area contributed by atoms with Gasteiger partial charge < -0.3 is 15.0 Å². The highest BCUT2D eigenvalue weighted by Gasteiger charge is 2.41. The van der Waals surface area contributed by atoms with Crippen molar-refractivity contribution < 1.29 is 17.9 Å². The fourth-order valence-corrected chi connectivity index (χ4v) is 5.84. The van der Waals surface area contributed by atoms with Gasteiger partial charge >= 0.3 is 0 Å². The van der Waals surface area contributed by atoms with Crippen LogP contribution in [-0.4, -0.2) is 54.0 Å². The van der Waals surface area contributed by atoms with Crippen LogP contribution in [0.2, 0.25) is 0 Å². The first-order valence-electron chi connectivity index (χ1n) is 11.9. The molecule has 3 fully saturated rings. The molecule has 5 rings (SSSR count). The highest BCUT2D eigenvalue weighted by atomic mass is 19.3. The number of halogens is 3. The Kier molecular flexibility index (Phi) is 6.56. The first kappa shape index (κ1) is 22.6. The van der Waals surface area contributed by atoms with Crippen LogP contribution in [0.4, 0.5) is 19.0 Å². The third kappa shape index (κ3) is 5.01. The van der Waals surface area contributed by atoms with Gasteiger partial charge in [0.25, 0.3) is 6.43 Å². The van der Waals surface area contributed by atoms with Gasteiger partial charge in [-0.1, -0.05) is 6.07 Å². The monoisotopic (exact) mass is 460 g/mol. The van der Waals surface area contributed by atoms with Crippen molar-refractivity contribution in [2.24, 2.45) is 17.8 Å². The predicted octanol–water partition coefficient (Wildman–Crippen LogP) is 5.08. The van der Waals surface area contributed by atoms with Gasteiger partial charge in [-0.05, 0) is 74.1 Å². The van der Waals surface area contributed by atoms with Crippen molar-refractivity contribution in [2.45, 2.75) is 45.1 Å². The van der Waals surface area contributed by atoms with Crippen molar-refractivity contribution in [3.8, 4) is 11.3 Å². The third-order valence-electron chi connectivity index (χ3n) is 7.56. The molecule has 0 bridgehead atoms. The molecule has 178 valence electrons. The summed E-state index contributed by atoms with van der Waals surface area (Å²) in [6.45, 7) is 6.88. The molecule has 2 atom stereocenters. The molecule has 0 spiro atoms. The largest absolute Gasteiger partial charge is 0.381 e. The van der Waals surface area contributed by atoms with E-state index in [9.17, 15) is 13.2 Å². The number of ether oxygens (including phenoxy) is 1. The first-order valence-corrected chi connectivity index (χ1v) is 11.9. The Hall–Kier alpha value is -2.19. The molecule has 2 aliphatic heterocycles. The third-order valence-corrected chi connectivity index (χ3v) is 7.56. The van der Waals surface area contributed by atoms with E-state index < -0.39 is 12.2 Å². The number of anilines is 1. The summed E-state index contributed by atoms with van der Waals surface area (Å²) in [5, 5.41) is 11.5. The molecule has 0 unspecified atom stereocenters. The lowest BCUT2D eigenvalue weighted by Gasteiger charge is -2.28. The van der Waals surface area contributed by atoms with E-state index in [0.29, 0.717) is 17.4 Å². The molecule has 1 N–H and O–H groups in total. The number of aromatic nitrogens is 2. The summed E-state index contributed by atoms with van der Waals surface area (Å²) in [5.74, 6) is 1.64. The minimum atomic E-state index is -2.69. The quantitative estimate of drug-likeness (QED) is 0.652. The van der Waals surface area contributed by atoms with E-state index in [1.807, 2.05) is 0 Å². The van der Waals surface area contributed by atoms with Gasteiger partial charge in [0.15, 0.2) is 5.82 Å². The average Bonchev–Trinajstić information content (AvgIpc) is 3.34. The zero-order valence-corrected chi connectivity index (χ0v) is 18.9. The SMILES string of the molecule is Cc1ccc(F)cc1-c1cc(C(F)F)c(NC2C[C@@H]3CN(CC4CCOCC4)C[C@H]3C2)nn1. The second kappa shape index (κ2) is 9.58. The van der Waals surface area contributed by atoms with Crippen LogP contribution in [0.15, 0.2) is 24.3 Å². The molecule has 33 heavy (non-hydrogen) atoms. The maximum Gasteiger partial charge on any atom is 0.267 e. The molecule has 1 aromatic carbocycles. The first-order chi connectivity index (χ1) is 16.0. The maximum atomic E-state index is 13.9. The Morgan fingerprint density at radius 2 is 1.82 bits per heavy atom. The number of fused-ring (bicyclic) bond motifs is 1. The number of rotatable bonds is 6. The molecular weight excluding hydrogens is 429 g/mol. The van der Waals surface area contributed by atoms with Crippen molar-refractivity contribution in [2.75, 3.05) is 38.2 Å². The van der Waals surface area contributed by atoms with Crippen molar-refractivity contribution in [3.05, 3.63) is 41.2 Å². The fourth-order valence-electron chi connectivity index (χ4n) is 5.84. The lowest BCUT2D eigenvalue weighted by atomic mass is 10.00. The number of nitrogens with one attached hydrogen (secondary N) is 1. The van der Waals surface area contributed by atoms with Crippen LogP contribution in [0.3, 0.4) is 0 Å². The summed E-state index contributed by atoms with van der Waals surface area (Å²) in [6, 6.07) is 5.74. The minimum Gasteiger partial charge on any atom is -0.381 e. The highest BCUT2D eigenvalue weighted by molar-refractivity contribution is 5.65. The maximum absolute atomic E-state index is 13.9. The Bertz CT molecular complexity index is 968. The van der Waals surface area contributed by atoms with Crippen molar-refractivity contribution in [1.29, 1.82) is 0 Å². The Labute approximate surface area is 192 Å². The summed E-state index contributed by atoms with van der Waals surface area (Å²) in [6.07, 6.45) is 1.53. The van der Waals surface area contributed by atoms with E-state index in [2.05, 4.69) is 20.4 Å². The second-order valence-corrected chi connectivity index (χ2v) is 9.90. The van der Waals surface area contributed by atoms with Gasteiger partial charge in [0.1, 0.15) is 5.82 Å². The lowest BCUT2D eigenvalue weighted by molar-refractivity contribution is 0.0545. The lowest BCUT2D eigenvalue weighted by Crippen LogP contribution is -2.32. The molecule has 2 saturated heterocycles. The molecule has 3 heterocycles. The van der Waals surface area contributed by atoms with Crippen LogP contribution >= 0.6 is 0 Å². The van der Waals surface area contributed by atoms with E-state index in [0.717, 1.165) is 70.0 Å². The molecule has 1 saturated carbocycles. The average molecular weight is 461 g/mol. The molecule has 3 aliphatic rings. The number of alkyl halides is 2. The predicted molar refractivity (Wildman–Crippen MR) is 121 cm³/mol. The topological polar surface area (TPSA) is 50.3 Å². The van der Waals surface area contributed by atoms with Gasteiger partial charge in [-0.15, -0.1) is 10.2 Å². The zero-order chi connectivity index (χ0) is 22.9. The van der Waals surface area contributed by atoms with E-state index in [4.69, 9.17) is 4.74 Å². The molecule has 8 heteroatoms. The molecular formula is C25H31F3N4O. The molecule has 2 aromatic rings. The number of hydrogen-bond acceptors (Lipinski definition) is 5. The van der Waals surface area contributed by atoms with Crippen LogP contribution in [0.1, 0.15) is 43.2 Å². The molecule has 1 aromatic heterocycles. The van der Waals surface area contributed by atoms with Crippen LogP contribution in [0.25, 0.3) is 11.3 Å². The molecule has 1 aliphatic carbocycles. The van der Waals surface area contributed by atoms with Gasteiger partial charge in [0.2, 0.25) is 0 Å². The summed E-state index contributed by atoms with van der Waals surface area (Å²) in [5.41, 5.74) is 1.33. The van der Waals surface area contributed by atoms with Gasteiger partial charge in [0.05, 0.1) is 11.3 Å². The number of likely N-dealkylation sites (tertiary alicyclic amines) is 1. The van der Waals surface area contributed by atoms with Crippen molar-refractivity contribution in [3.63, 3.8) is 0 Å². The smallest absolute Gasteiger partial charge is 0.267 e. The Morgan fingerprint density at radius 1 is 1.09 bits per heavy atom. The summed E-state index contributed by atoms with van der Waals surface area (Å²) < 4.78 is 46.9. The van der Waals surface area contributed by atoms with Crippen LogP contribution in [-0.2, 0) is 4.74 Å². The summed E-state index contributed by atoms with van der Waals surface area (Å²) in [7, 11) is 0. The van der Waals surface area contributed by atoms with E-state index >= 15 is 0 Å². The highest BCUT2D eigenvalue weighted by Crippen LogP contribution is 2.40. The number of hydrogen-bond donors (Lipinski definition) is 1. The number of aryl methyl sites for hydroxylation is 1. The number of benzene rings is 1. The van der Waals surface area contributed by atoms with Crippen molar-refractivity contribution >= 4 is 5.82 Å². The zero-order valence-electron chi connectivity index (χ0n) is 18.9. The van der Waals surface area contributed by atoms with E-state index in [-0.39, 0.29) is 23.1 Å². The summed E-state index contributed by atoms with van der Waals surface area (Å²) in [4.78, 5) is 2.59. The van der Waals surface area contributed by atoms with Gasteiger partial charge in [0, 0.05) is 44.5 Å². The van der Waals surface area contributed by atoms with Crippen LogP contribution in [0, 0.1) is 30.5 Å². The van der Waals surface area contributed by atoms with E-state index in [1.54, 1.807) is 13.0 Å². The van der Waals surface area contributed by atoms with Crippen molar-refractivity contribution in [1.82, 2.24) is 15.1 Å². The van der Waals surface area contributed by atoms with Gasteiger partial charge in [-0.3, -0.25) is 0 Å². The van der Waals surface area contributed by atoms with Crippen LogP contribution in [0.5, 0.6) is 0 Å². The molecule has 0 radical (unpaired) electrons. The number of nitrogens with zero attached hydrogens (tertiary/aromatic N) is 3. The van der Waals surface area contributed by atoms with E-state index in [1.165, 1.54) is 18.2 Å². The van der Waals surface area contributed by atoms with Gasteiger partial charge in [-0.25, -0.2) is 13.2 Å². The molecule has 0 amide bonds. The fraction of sp³-hybridized carbons (Fsp3) is 0.600. The Balaban J connectivity index is 1.23. The minimum absolute atomic E-state index is 0.124. The van der Waals surface area contributed by atoms with Gasteiger partial charge in [-0.2, -0.15) is 0 Å².